The van der Waals surface area contributed by atoms with Crippen LogP contribution in [-0.2, 0) is 37.4 Å². The van der Waals surface area contributed by atoms with Crippen LogP contribution in [0.1, 0.15) is 70.4 Å². The van der Waals surface area contributed by atoms with Crippen LogP contribution in [0.2, 0.25) is 5.02 Å². The van der Waals surface area contributed by atoms with Crippen molar-refractivity contribution >= 4 is 39.4 Å². The van der Waals surface area contributed by atoms with Crippen molar-refractivity contribution in [3.63, 3.8) is 0 Å². The van der Waals surface area contributed by atoms with Crippen LogP contribution in [0, 0.1) is 0 Å². The molecule has 272 valence electrons. The molecular formula is C39H41ClN4O7S. The Hall–Kier alpha value is -4.78. The van der Waals surface area contributed by atoms with Gasteiger partial charge in [0, 0.05) is 47.4 Å². The smallest absolute Gasteiger partial charge is 0.344 e. The van der Waals surface area contributed by atoms with Gasteiger partial charge in [0.15, 0.2) is 6.61 Å². The maximum atomic E-state index is 14.4. The van der Waals surface area contributed by atoms with E-state index in [-0.39, 0.29) is 37.5 Å². The number of halogens is 1. The lowest BCUT2D eigenvalue weighted by atomic mass is 9.76. The molecule has 1 saturated carbocycles. The van der Waals surface area contributed by atoms with Crippen LogP contribution in [0.25, 0.3) is 0 Å². The summed E-state index contributed by atoms with van der Waals surface area (Å²) in [7, 11) is -3.58. The monoisotopic (exact) mass is 744 g/mol. The Balaban J connectivity index is 1.19. The highest BCUT2D eigenvalue weighted by molar-refractivity contribution is 7.88. The van der Waals surface area contributed by atoms with Gasteiger partial charge in [0.05, 0.1) is 18.2 Å². The summed E-state index contributed by atoms with van der Waals surface area (Å²) in [6.07, 6.45) is 4.26. The van der Waals surface area contributed by atoms with Crippen LogP contribution in [-0.4, -0.2) is 67.6 Å². The molecule has 1 aliphatic carbocycles. The van der Waals surface area contributed by atoms with Crippen LogP contribution in [0.4, 0.5) is 0 Å². The van der Waals surface area contributed by atoms with E-state index in [1.807, 2.05) is 48.5 Å². The van der Waals surface area contributed by atoms with E-state index in [4.69, 9.17) is 21.1 Å². The first-order chi connectivity index (χ1) is 25.1. The molecule has 6 rings (SSSR count). The number of nitrogens with zero attached hydrogens (tertiary/aromatic N) is 2. The number of aromatic nitrogens is 1. The van der Waals surface area contributed by atoms with Crippen molar-refractivity contribution in [1.29, 1.82) is 0 Å². The van der Waals surface area contributed by atoms with Gasteiger partial charge in [-0.2, -0.15) is 0 Å². The lowest BCUT2D eigenvalue weighted by Gasteiger charge is -2.49. The van der Waals surface area contributed by atoms with Crippen molar-refractivity contribution in [3.8, 4) is 5.88 Å². The Labute approximate surface area is 308 Å². The molecule has 0 bridgehead atoms. The van der Waals surface area contributed by atoms with Crippen molar-refractivity contribution in [2.45, 2.75) is 62.8 Å². The number of nitrogens with one attached hydrogen (secondary N) is 2. The molecule has 2 aliphatic rings. The first kappa shape index (κ1) is 37.0. The van der Waals surface area contributed by atoms with Crippen molar-refractivity contribution in [1.82, 2.24) is 19.9 Å². The highest BCUT2D eigenvalue weighted by Crippen LogP contribution is 2.46. The minimum Gasteiger partial charge on any atom is -0.466 e. The van der Waals surface area contributed by atoms with Gasteiger partial charge in [-0.1, -0.05) is 91.2 Å². The predicted octanol–water partition coefficient (Wildman–Crippen LogP) is 5.36. The molecular weight excluding hydrogens is 704 g/mol. The topological polar surface area (TPSA) is 144 Å². The summed E-state index contributed by atoms with van der Waals surface area (Å²) in [4.78, 5) is 47.3. The van der Waals surface area contributed by atoms with Gasteiger partial charge in [-0.25, -0.2) is 22.9 Å². The van der Waals surface area contributed by atoms with Crippen molar-refractivity contribution in [2.75, 3.05) is 19.4 Å². The summed E-state index contributed by atoms with van der Waals surface area (Å²) in [5.74, 6) is -1.62. The molecule has 4 aromatic rings. The summed E-state index contributed by atoms with van der Waals surface area (Å²) in [6, 6.07) is 27.0. The summed E-state index contributed by atoms with van der Waals surface area (Å²) < 4.78 is 38.5. The third kappa shape index (κ3) is 9.17. The molecule has 2 N–H and O–H groups in total. The largest absolute Gasteiger partial charge is 0.466 e. The zero-order chi connectivity index (χ0) is 36.7. The number of pyridine rings is 1. The van der Waals surface area contributed by atoms with E-state index in [1.165, 1.54) is 0 Å². The van der Waals surface area contributed by atoms with Gasteiger partial charge in [-0.05, 0) is 53.8 Å². The fraction of sp³-hybridized carbons (Fsp3) is 0.333. The van der Waals surface area contributed by atoms with Crippen LogP contribution in [0.3, 0.4) is 0 Å². The van der Waals surface area contributed by atoms with E-state index >= 15 is 0 Å². The van der Waals surface area contributed by atoms with E-state index in [0.717, 1.165) is 24.7 Å². The van der Waals surface area contributed by atoms with Gasteiger partial charge in [0.2, 0.25) is 21.8 Å². The molecule has 0 saturated heterocycles. The molecule has 3 aromatic carbocycles. The molecule has 2 heterocycles. The van der Waals surface area contributed by atoms with Gasteiger partial charge in [0.25, 0.3) is 5.91 Å². The van der Waals surface area contributed by atoms with Crippen molar-refractivity contribution in [2.24, 2.45) is 0 Å². The summed E-state index contributed by atoms with van der Waals surface area (Å²) in [5, 5.41) is 3.58. The molecule has 1 fully saturated rings. The number of amides is 2. The predicted molar refractivity (Wildman–Crippen MR) is 196 cm³/mol. The first-order valence-electron chi connectivity index (χ1n) is 17.3. The maximum absolute atomic E-state index is 14.4. The molecule has 52 heavy (non-hydrogen) atoms. The Morgan fingerprint density at radius 3 is 2.42 bits per heavy atom. The molecule has 1 aromatic heterocycles. The molecule has 0 spiro atoms. The Kier molecular flexibility index (Phi) is 11.9. The van der Waals surface area contributed by atoms with Crippen LogP contribution >= 0.6 is 11.6 Å². The average Bonchev–Trinajstić information content (AvgIpc) is 3.14. The van der Waals surface area contributed by atoms with Crippen molar-refractivity contribution in [3.05, 3.63) is 130 Å². The van der Waals surface area contributed by atoms with Gasteiger partial charge in [-0.3, -0.25) is 9.59 Å². The second kappa shape index (κ2) is 16.7. The molecule has 11 nitrogen and oxygen atoms in total. The molecule has 1 aliphatic heterocycles. The highest BCUT2D eigenvalue weighted by Gasteiger charge is 2.48. The SMILES string of the molecule is CS(=O)(=O)N[C@H]1CCCC[C@@H]1N1C(=O)c2ccccc2[C@@H](C(=O)NCCc2cccc(OCC(=O)OCc3ccccc3)n2)[C@@H]1c1ccc(Cl)cc1. The van der Waals surface area contributed by atoms with Gasteiger partial charge < -0.3 is 19.7 Å². The number of fused-ring (bicyclic) bond motifs is 1. The molecule has 13 heteroatoms. The number of esters is 1. The number of hydrogen-bond donors (Lipinski definition) is 2. The standard InChI is InChI=1S/C39H41ClN4O7S/c1-52(48,49)43-32-15-7-8-16-33(32)44-37(27-18-20-28(40)21-19-27)36(30-13-5-6-14-31(30)39(44)47)38(46)41-23-22-29-12-9-17-34(42-29)50-25-35(45)51-24-26-10-3-2-4-11-26/h2-6,9-14,17-21,32-33,36-37,43H,7-8,15-16,22-25H2,1H3,(H,41,46)/t32-,33-,36+,37-/m0/s1. The van der Waals surface area contributed by atoms with Crippen molar-refractivity contribution < 1.29 is 32.3 Å². The Bertz CT molecular complexity index is 2000. The van der Waals surface area contributed by atoms with E-state index < -0.39 is 40.0 Å². The Morgan fingerprint density at radius 1 is 0.923 bits per heavy atom. The molecule has 0 radical (unpaired) electrons. The van der Waals surface area contributed by atoms with Crippen LogP contribution in [0.5, 0.6) is 5.88 Å². The maximum Gasteiger partial charge on any atom is 0.344 e. The van der Waals surface area contributed by atoms with Crippen LogP contribution in [0.15, 0.2) is 97.1 Å². The average molecular weight is 745 g/mol. The number of hydrogen-bond acceptors (Lipinski definition) is 8. The third-order valence-electron chi connectivity index (χ3n) is 9.36. The fourth-order valence-electron chi connectivity index (χ4n) is 7.08. The van der Waals surface area contributed by atoms with Gasteiger partial charge in [0.1, 0.15) is 6.61 Å². The normalized spacial score (nSPS) is 20.1. The number of carbonyl (C=O) groups excluding carboxylic acids is 3. The lowest BCUT2D eigenvalue weighted by molar-refractivity contribution is -0.147. The van der Waals surface area contributed by atoms with Gasteiger partial charge in [-0.15, -0.1) is 0 Å². The summed E-state index contributed by atoms with van der Waals surface area (Å²) in [6.45, 7) is 0.0747. The number of rotatable bonds is 13. The second-order valence-corrected chi connectivity index (χ2v) is 15.3. The van der Waals surface area contributed by atoms with Gasteiger partial charge >= 0.3 is 5.97 Å². The van der Waals surface area contributed by atoms with E-state index in [1.54, 1.807) is 53.4 Å². The number of sulfonamides is 1. The zero-order valence-electron chi connectivity index (χ0n) is 28.7. The number of benzene rings is 3. The highest BCUT2D eigenvalue weighted by atomic mass is 35.5. The zero-order valence-corrected chi connectivity index (χ0v) is 30.3. The number of ether oxygens (including phenoxy) is 2. The van der Waals surface area contributed by atoms with E-state index in [0.29, 0.717) is 46.7 Å². The van der Waals surface area contributed by atoms with Crippen LogP contribution < -0.4 is 14.8 Å². The first-order valence-corrected chi connectivity index (χ1v) is 19.5. The molecule has 0 unspecified atom stereocenters. The quantitative estimate of drug-likeness (QED) is 0.174. The summed E-state index contributed by atoms with van der Waals surface area (Å²) in [5.41, 5.74) is 3.23. The number of carbonyl (C=O) groups is 3. The summed E-state index contributed by atoms with van der Waals surface area (Å²) >= 11 is 6.28. The minimum atomic E-state index is -3.58. The fourth-order valence-corrected chi connectivity index (χ4v) is 8.03. The third-order valence-corrected chi connectivity index (χ3v) is 10.3. The Morgan fingerprint density at radius 2 is 1.65 bits per heavy atom. The lowest BCUT2D eigenvalue weighted by Crippen LogP contribution is -2.59. The molecule has 4 atom stereocenters. The van der Waals surface area contributed by atoms with E-state index in [9.17, 15) is 22.8 Å². The van der Waals surface area contributed by atoms with E-state index in [2.05, 4.69) is 15.0 Å². The molecule has 2 amide bonds. The minimum absolute atomic E-state index is 0.144. The second-order valence-electron chi connectivity index (χ2n) is 13.1.